The molecular formula is C19H19N3O2S. The van der Waals surface area contributed by atoms with Crippen molar-refractivity contribution in [1.82, 2.24) is 15.0 Å². The van der Waals surface area contributed by atoms with Crippen LogP contribution in [-0.4, -0.2) is 34.0 Å². The maximum Gasteiger partial charge on any atom is 0.257 e. The van der Waals surface area contributed by atoms with Gasteiger partial charge in [-0.25, -0.2) is 0 Å². The van der Waals surface area contributed by atoms with E-state index in [2.05, 4.69) is 21.6 Å². The first-order valence-electron chi connectivity index (χ1n) is 8.40. The predicted molar refractivity (Wildman–Crippen MR) is 96.4 cm³/mol. The highest BCUT2D eigenvalue weighted by atomic mass is 32.1. The van der Waals surface area contributed by atoms with Crippen LogP contribution in [0.3, 0.4) is 0 Å². The molecule has 1 unspecified atom stereocenters. The molecule has 1 aliphatic heterocycles. The lowest BCUT2D eigenvalue weighted by atomic mass is 10.1. The third-order valence-electron chi connectivity index (χ3n) is 4.49. The number of aromatic nitrogens is 2. The molecule has 4 rings (SSSR count). The molecule has 3 aromatic rings. The zero-order chi connectivity index (χ0) is 17.2. The Morgan fingerprint density at radius 3 is 3.04 bits per heavy atom. The molecule has 25 heavy (non-hydrogen) atoms. The molecule has 1 aromatic carbocycles. The topological polar surface area (TPSA) is 59.2 Å². The smallest absolute Gasteiger partial charge is 0.257 e. The minimum atomic E-state index is 0.0122. The molecule has 0 saturated carbocycles. The van der Waals surface area contributed by atoms with Gasteiger partial charge >= 0.3 is 0 Å². The number of amides is 1. The van der Waals surface area contributed by atoms with E-state index in [1.165, 1.54) is 4.88 Å². The molecule has 1 aliphatic rings. The number of rotatable bonds is 5. The fraction of sp³-hybridized carbons (Fsp3) is 0.316. The highest BCUT2D eigenvalue weighted by Crippen LogP contribution is 2.28. The van der Waals surface area contributed by atoms with Gasteiger partial charge in [0.15, 0.2) is 5.82 Å². The number of hydrogen-bond donors (Lipinski definition) is 0. The van der Waals surface area contributed by atoms with Crippen molar-refractivity contribution in [3.8, 4) is 11.5 Å². The first-order valence-corrected chi connectivity index (χ1v) is 9.28. The molecule has 1 fully saturated rings. The Morgan fingerprint density at radius 2 is 2.24 bits per heavy atom. The van der Waals surface area contributed by atoms with E-state index >= 15 is 0 Å². The lowest BCUT2D eigenvalue weighted by molar-refractivity contribution is -0.127. The molecule has 1 saturated heterocycles. The molecule has 0 spiro atoms. The Labute approximate surface area is 150 Å². The maximum atomic E-state index is 12.3. The summed E-state index contributed by atoms with van der Waals surface area (Å²) in [5, 5.41) is 6.19. The number of likely N-dealkylation sites (tertiary alicyclic amines) is 1. The van der Waals surface area contributed by atoms with Gasteiger partial charge in [-0.05, 0) is 36.9 Å². The van der Waals surface area contributed by atoms with Crippen LogP contribution in [0.4, 0.5) is 0 Å². The third-order valence-corrected chi connectivity index (χ3v) is 5.43. The second-order valence-electron chi connectivity index (χ2n) is 6.40. The minimum absolute atomic E-state index is 0.0122. The molecule has 6 heteroatoms. The van der Waals surface area contributed by atoms with Crippen LogP contribution in [0.25, 0.3) is 11.5 Å². The van der Waals surface area contributed by atoms with Crippen molar-refractivity contribution in [3.05, 3.63) is 58.0 Å². The monoisotopic (exact) mass is 353 g/mol. The second-order valence-corrected chi connectivity index (χ2v) is 7.43. The summed E-state index contributed by atoms with van der Waals surface area (Å²) in [6.45, 7) is 3.44. The summed E-state index contributed by atoms with van der Waals surface area (Å²) in [4.78, 5) is 20.0. The number of carbonyl (C=O) groups excluding carboxylic acids is 1. The lowest BCUT2D eigenvalue weighted by Crippen LogP contribution is -2.27. The number of hydrogen-bond acceptors (Lipinski definition) is 5. The standard InChI is InChI=1S/C19H19N3O2S/c1-13-4-2-5-14(10-13)19-20-18(21-24-19)15-11-17(23)22(12-15)8-7-16-6-3-9-25-16/h2-6,9-10,15H,7-8,11-12H2,1H3. The summed E-state index contributed by atoms with van der Waals surface area (Å²) in [5.41, 5.74) is 2.06. The Balaban J connectivity index is 1.43. The van der Waals surface area contributed by atoms with E-state index in [1.54, 1.807) is 11.3 Å². The van der Waals surface area contributed by atoms with Gasteiger partial charge in [0.05, 0.1) is 0 Å². The van der Waals surface area contributed by atoms with E-state index in [4.69, 9.17) is 4.52 Å². The van der Waals surface area contributed by atoms with Gasteiger partial charge in [-0.1, -0.05) is 28.9 Å². The van der Waals surface area contributed by atoms with Crippen LogP contribution in [-0.2, 0) is 11.2 Å². The first kappa shape index (κ1) is 16.0. The van der Waals surface area contributed by atoms with Gasteiger partial charge < -0.3 is 9.42 Å². The number of aryl methyl sites for hydroxylation is 1. The van der Waals surface area contributed by atoms with Crippen molar-refractivity contribution in [2.75, 3.05) is 13.1 Å². The van der Waals surface area contributed by atoms with Crippen LogP contribution in [0.2, 0.25) is 0 Å². The largest absolute Gasteiger partial charge is 0.342 e. The summed E-state index contributed by atoms with van der Waals surface area (Å²) in [6.07, 6.45) is 1.36. The van der Waals surface area contributed by atoms with Crippen molar-refractivity contribution < 1.29 is 9.32 Å². The summed E-state index contributed by atoms with van der Waals surface area (Å²) in [5.74, 6) is 1.33. The fourth-order valence-electron chi connectivity index (χ4n) is 3.16. The van der Waals surface area contributed by atoms with Crippen molar-refractivity contribution >= 4 is 17.2 Å². The Bertz CT molecular complexity index is 872. The van der Waals surface area contributed by atoms with Crippen LogP contribution >= 0.6 is 11.3 Å². The Morgan fingerprint density at radius 1 is 1.32 bits per heavy atom. The minimum Gasteiger partial charge on any atom is -0.342 e. The van der Waals surface area contributed by atoms with Gasteiger partial charge in [0.1, 0.15) is 0 Å². The normalized spacial score (nSPS) is 17.4. The molecule has 2 aromatic heterocycles. The van der Waals surface area contributed by atoms with Gasteiger partial charge in [-0.2, -0.15) is 4.98 Å². The Kier molecular flexibility index (Phi) is 4.36. The van der Waals surface area contributed by atoms with Crippen molar-refractivity contribution in [1.29, 1.82) is 0 Å². The molecule has 0 bridgehead atoms. The highest BCUT2D eigenvalue weighted by molar-refractivity contribution is 7.09. The molecule has 5 nitrogen and oxygen atoms in total. The zero-order valence-corrected chi connectivity index (χ0v) is 14.8. The number of benzene rings is 1. The van der Waals surface area contributed by atoms with Crippen LogP contribution in [0.5, 0.6) is 0 Å². The first-order chi connectivity index (χ1) is 12.2. The molecular weight excluding hydrogens is 334 g/mol. The molecule has 1 amide bonds. The third kappa shape index (κ3) is 3.49. The fourth-order valence-corrected chi connectivity index (χ4v) is 3.86. The summed E-state index contributed by atoms with van der Waals surface area (Å²) >= 11 is 1.73. The SMILES string of the molecule is Cc1cccc(-c2nc(C3CC(=O)N(CCc4cccs4)C3)no2)c1. The highest BCUT2D eigenvalue weighted by Gasteiger charge is 2.33. The van der Waals surface area contributed by atoms with Gasteiger partial charge in [0.2, 0.25) is 5.91 Å². The van der Waals surface area contributed by atoms with Crippen LogP contribution < -0.4 is 0 Å². The van der Waals surface area contributed by atoms with Gasteiger partial charge in [-0.15, -0.1) is 11.3 Å². The van der Waals surface area contributed by atoms with E-state index in [0.717, 1.165) is 24.1 Å². The molecule has 0 N–H and O–H groups in total. The summed E-state index contributed by atoms with van der Waals surface area (Å²) in [7, 11) is 0. The van der Waals surface area contributed by atoms with E-state index in [-0.39, 0.29) is 11.8 Å². The van der Waals surface area contributed by atoms with Crippen LogP contribution in [0.15, 0.2) is 46.3 Å². The average Bonchev–Trinajstić information content (AvgIpc) is 3.34. The molecule has 0 radical (unpaired) electrons. The van der Waals surface area contributed by atoms with Crippen molar-refractivity contribution in [2.24, 2.45) is 0 Å². The van der Waals surface area contributed by atoms with Crippen molar-refractivity contribution in [2.45, 2.75) is 25.7 Å². The maximum absolute atomic E-state index is 12.3. The summed E-state index contributed by atoms with van der Waals surface area (Å²) < 4.78 is 5.42. The predicted octanol–water partition coefficient (Wildman–Crippen LogP) is 3.67. The second kappa shape index (κ2) is 6.80. The van der Waals surface area contributed by atoms with Gasteiger partial charge in [-0.3, -0.25) is 4.79 Å². The van der Waals surface area contributed by atoms with Crippen molar-refractivity contribution in [3.63, 3.8) is 0 Å². The number of carbonyl (C=O) groups is 1. The van der Waals surface area contributed by atoms with E-state index in [1.807, 2.05) is 42.2 Å². The van der Waals surface area contributed by atoms with Crippen LogP contribution in [0.1, 0.15) is 28.6 Å². The molecule has 0 aliphatic carbocycles. The number of thiophene rings is 1. The van der Waals surface area contributed by atoms with Gasteiger partial charge in [0.25, 0.3) is 5.89 Å². The lowest BCUT2D eigenvalue weighted by Gasteiger charge is -2.15. The number of nitrogens with zero attached hydrogens (tertiary/aromatic N) is 3. The summed E-state index contributed by atoms with van der Waals surface area (Å²) in [6, 6.07) is 12.1. The molecule has 128 valence electrons. The van der Waals surface area contributed by atoms with Gasteiger partial charge in [0, 0.05) is 35.9 Å². The zero-order valence-electron chi connectivity index (χ0n) is 14.0. The van der Waals surface area contributed by atoms with E-state index in [0.29, 0.717) is 24.7 Å². The molecule has 1 atom stereocenters. The van der Waals surface area contributed by atoms with E-state index in [9.17, 15) is 4.79 Å². The Hall–Kier alpha value is -2.47. The quantitative estimate of drug-likeness (QED) is 0.702. The molecule has 3 heterocycles. The van der Waals surface area contributed by atoms with Crippen LogP contribution in [0, 0.1) is 6.92 Å². The van der Waals surface area contributed by atoms with E-state index < -0.39 is 0 Å². The average molecular weight is 353 g/mol.